The maximum Gasteiger partial charge on any atom is 0.119 e. The van der Waals surface area contributed by atoms with Crippen molar-refractivity contribution in [1.29, 1.82) is 0 Å². The molecule has 0 saturated heterocycles. The number of pyridine rings is 1. The first-order valence-corrected chi connectivity index (χ1v) is 8.27. The summed E-state index contributed by atoms with van der Waals surface area (Å²) in [5.74, 6) is 1.51. The van der Waals surface area contributed by atoms with Gasteiger partial charge >= 0.3 is 0 Å². The first-order valence-electron chi connectivity index (χ1n) is 8.27. The molecule has 0 amide bonds. The van der Waals surface area contributed by atoms with E-state index in [4.69, 9.17) is 10.5 Å². The third-order valence-electron chi connectivity index (χ3n) is 4.49. The zero-order valence-electron chi connectivity index (χ0n) is 14.6. The zero-order chi connectivity index (χ0) is 17.3. The van der Waals surface area contributed by atoms with E-state index in [0.717, 1.165) is 33.0 Å². The van der Waals surface area contributed by atoms with E-state index in [1.54, 1.807) is 7.11 Å². The van der Waals surface area contributed by atoms with Gasteiger partial charge in [-0.1, -0.05) is 12.6 Å². The van der Waals surface area contributed by atoms with Crippen molar-refractivity contribution in [2.24, 2.45) is 5.73 Å². The van der Waals surface area contributed by atoms with Crippen molar-refractivity contribution in [3.8, 4) is 5.75 Å². The largest absolute Gasteiger partial charge is 0.497 e. The maximum atomic E-state index is 6.10. The predicted molar refractivity (Wildman–Crippen MR) is 99.0 cm³/mol. The van der Waals surface area contributed by atoms with Crippen LogP contribution in [-0.4, -0.2) is 12.1 Å². The minimum atomic E-state index is 0.609. The average molecular weight is 320 g/mol. The lowest BCUT2D eigenvalue weighted by molar-refractivity contribution is 0.414. The average Bonchev–Trinajstić information content (AvgIpc) is 3.40. The van der Waals surface area contributed by atoms with Crippen molar-refractivity contribution in [2.45, 2.75) is 32.6 Å². The molecule has 2 N–H and O–H groups in total. The van der Waals surface area contributed by atoms with E-state index >= 15 is 0 Å². The molecule has 0 bridgehead atoms. The molecule has 1 aromatic heterocycles. The highest BCUT2D eigenvalue weighted by atomic mass is 16.5. The standard InChI is InChI=1S/C21H24N2O/c1-13(2)21(18-9-10-23-12-20(18)14(3)22)17-8-7-16(24-4)11-19(17)15-5-6-15/h7-12,15H,1,5-6,22H2,2-4H3/b20-14+,21-18+. The summed E-state index contributed by atoms with van der Waals surface area (Å²) in [4.78, 5) is 4.24. The predicted octanol–water partition coefficient (Wildman–Crippen LogP) is 2.83. The molecule has 1 aromatic carbocycles. The van der Waals surface area contributed by atoms with Gasteiger partial charge in [-0.25, -0.2) is 0 Å². The molecular weight excluding hydrogens is 296 g/mol. The Morgan fingerprint density at radius 3 is 2.54 bits per heavy atom. The van der Waals surface area contributed by atoms with Crippen LogP contribution in [-0.2, 0) is 0 Å². The highest BCUT2D eigenvalue weighted by Gasteiger charge is 2.27. The SMILES string of the molecule is C=C(C)/C(c1ccc(OC)cc1C1CC1)=c1/ccnc/c1=C(/C)N. The van der Waals surface area contributed by atoms with Gasteiger partial charge in [0.15, 0.2) is 0 Å². The summed E-state index contributed by atoms with van der Waals surface area (Å²) in [6.45, 7) is 8.19. The minimum absolute atomic E-state index is 0.609. The normalized spacial score (nSPS) is 16.5. The highest BCUT2D eigenvalue weighted by molar-refractivity contribution is 5.80. The number of hydrogen-bond acceptors (Lipinski definition) is 3. The van der Waals surface area contributed by atoms with Gasteiger partial charge in [0.2, 0.25) is 0 Å². The number of methoxy groups -OCH3 is 1. The smallest absolute Gasteiger partial charge is 0.119 e. The van der Waals surface area contributed by atoms with Gasteiger partial charge in [0.25, 0.3) is 0 Å². The summed E-state index contributed by atoms with van der Waals surface area (Å²) in [6.07, 6.45) is 6.10. The first-order chi connectivity index (χ1) is 11.5. The van der Waals surface area contributed by atoms with E-state index < -0.39 is 0 Å². The molecule has 1 fully saturated rings. The van der Waals surface area contributed by atoms with Crippen LogP contribution in [0.5, 0.6) is 5.75 Å². The molecule has 0 spiro atoms. The van der Waals surface area contributed by atoms with Crippen LogP contribution in [0.15, 0.2) is 48.8 Å². The van der Waals surface area contributed by atoms with Gasteiger partial charge in [-0.2, -0.15) is 0 Å². The molecule has 1 aliphatic carbocycles. The molecule has 1 heterocycles. The molecule has 1 aliphatic rings. The van der Waals surface area contributed by atoms with Gasteiger partial charge in [0.1, 0.15) is 5.75 Å². The molecule has 3 heteroatoms. The van der Waals surface area contributed by atoms with E-state index in [2.05, 4.69) is 23.7 Å². The second-order valence-electron chi connectivity index (χ2n) is 6.49. The van der Waals surface area contributed by atoms with Crippen LogP contribution in [0.4, 0.5) is 0 Å². The number of ether oxygens (including phenoxy) is 1. The fraction of sp³-hybridized carbons (Fsp3) is 0.286. The minimum Gasteiger partial charge on any atom is -0.497 e. The van der Waals surface area contributed by atoms with E-state index in [1.807, 2.05) is 38.4 Å². The maximum absolute atomic E-state index is 6.10. The highest BCUT2D eigenvalue weighted by Crippen LogP contribution is 2.44. The molecule has 3 nitrogen and oxygen atoms in total. The molecule has 0 aliphatic heterocycles. The van der Waals surface area contributed by atoms with Crippen LogP contribution in [0.3, 0.4) is 0 Å². The second kappa shape index (κ2) is 6.52. The van der Waals surface area contributed by atoms with Crippen LogP contribution < -0.4 is 20.9 Å². The van der Waals surface area contributed by atoms with Gasteiger partial charge in [-0.05, 0) is 78.3 Å². The number of hydrogen-bond donors (Lipinski definition) is 1. The topological polar surface area (TPSA) is 48.1 Å². The number of rotatable bonds is 4. The first kappa shape index (κ1) is 16.3. The molecule has 0 radical (unpaired) electrons. The summed E-state index contributed by atoms with van der Waals surface area (Å²) >= 11 is 0. The summed E-state index contributed by atoms with van der Waals surface area (Å²) < 4.78 is 5.43. The van der Waals surface area contributed by atoms with Gasteiger partial charge in [-0.3, -0.25) is 4.98 Å². The summed E-state index contributed by atoms with van der Waals surface area (Å²) in [5.41, 5.74) is 11.6. The fourth-order valence-corrected chi connectivity index (χ4v) is 3.16. The Bertz CT molecular complexity index is 904. The van der Waals surface area contributed by atoms with Crippen LogP contribution in [0, 0.1) is 0 Å². The van der Waals surface area contributed by atoms with Gasteiger partial charge in [0, 0.05) is 23.3 Å². The Morgan fingerprint density at radius 2 is 1.96 bits per heavy atom. The lowest BCUT2D eigenvalue weighted by Crippen LogP contribution is -2.32. The quantitative estimate of drug-likeness (QED) is 0.942. The fourth-order valence-electron chi connectivity index (χ4n) is 3.16. The summed E-state index contributed by atoms with van der Waals surface area (Å²) in [6, 6.07) is 8.35. The van der Waals surface area contributed by atoms with E-state index in [1.165, 1.54) is 24.0 Å². The van der Waals surface area contributed by atoms with Gasteiger partial charge in [-0.15, -0.1) is 0 Å². The van der Waals surface area contributed by atoms with Crippen LogP contribution >= 0.6 is 0 Å². The third-order valence-corrected chi connectivity index (χ3v) is 4.49. The summed E-state index contributed by atoms with van der Waals surface area (Å²) in [5, 5.41) is 2.05. The molecule has 2 aromatic rings. The van der Waals surface area contributed by atoms with E-state index in [0.29, 0.717) is 5.92 Å². The Kier molecular flexibility index (Phi) is 4.43. The van der Waals surface area contributed by atoms with Crippen molar-refractivity contribution in [3.05, 3.63) is 70.4 Å². The van der Waals surface area contributed by atoms with Crippen molar-refractivity contribution >= 4 is 11.3 Å². The van der Waals surface area contributed by atoms with E-state index in [-0.39, 0.29) is 0 Å². The van der Waals surface area contributed by atoms with Crippen molar-refractivity contribution < 1.29 is 4.74 Å². The van der Waals surface area contributed by atoms with Gasteiger partial charge < -0.3 is 10.5 Å². The lowest BCUT2D eigenvalue weighted by atomic mass is 9.90. The molecular formula is C21H24N2O. The number of nitrogens with zero attached hydrogens (tertiary/aromatic N) is 1. The third kappa shape index (κ3) is 3.07. The van der Waals surface area contributed by atoms with Crippen LogP contribution in [0.1, 0.15) is 43.7 Å². The molecule has 124 valence electrons. The monoisotopic (exact) mass is 320 g/mol. The molecule has 0 atom stereocenters. The van der Waals surface area contributed by atoms with Crippen molar-refractivity contribution in [3.63, 3.8) is 0 Å². The number of allylic oxidation sites excluding steroid dienone is 1. The second-order valence-corrected chi connectivity index (χ2v) is 6.49. The lowest BCUT2D eigenvalue weighted by Gasteiger charge is -2.15. The Morgan fingerprint density at radius 1 is 1.21 bits per heavy atom. The van der Waals surface area contributed by atoms with E-state index in [9.17, 15) is 0 Å². The number of benzene rings is 1. The summed E-state index contributed by atoms with van der Waals surface area (Å²) in [7, 11) is 1.71. The molecule has 3 rings (SSSR count). The van der Waals surface area contributed by atoms with Crippen LogP contribution in [0.2, 0.25) is 0 Å². The zero-order valence-corrected chi connectivity index (χ0v) is 14.6. The molecule has 24 heavy (non-hydrogen) atoms. The Balaban J connectivity index is 2.40. The van der Waals surface area contributed by atoms with Crippen molar-refractivity contribution in [2.75, 3.05) is 7.11 Å². The number of aromatic nitrogens is 1. The Labute approximate surface area is 143 Å². The molecule has 0 unspecified atom stereocenters. The van der Waals surface area contributed by atoms with Gasteiger partial charge in [0.05, 0.1) is 7.11 Å². The van der Waals surface area contributed by atoms with Crippen molar-refractivity contribution in [1.82, 2.24) is 4.98 Å². The molecule has 1 saturated carbocycles. The number of nitrogens with two attached hydrogens (primary N) is 1. The Hall–Kier alpha value is -2.55. The van der Waals surface area contributed by atoms with Crippen LogP contribution in [0.25, 0.3) is 11.3 Å².